The summed E-state index contributed by atoms with van der Waals surface area (Å²) in [6.07, 6.45) is 0.665. The number of thiazole rings is 1. The summed E-state index contributed by atoms with van der Waals surface area (Å²) in [6, 6.07) is 9.22. The largest absolute Gasteiger partial charge is 0.476 e. The summed E-state index contributed by atoms with van der Waals surface area (Å²) in [5.41, 5.74) is 1.64. The summed E-state index contributed by atoms with van der Waals surface area (Å²) in [7, 11) is 0. The summed E-state index contributed by atoms with van der Waals surface area (Å²) in [5, 5.41) is 23.0. The van der Waals surface area contributed by atoms with E-state index >= 15 is 0 Å². The number of carboxylic acids is 1. The Morgan fingerprint density at radius 3 is 2.74 bits per heavy atom. The van der Waals surface area contributed by atoms with E-state index in [0.29, 0.717) is 18.5 Å². The van der Waals surface area contributed by atoms with Crippen molar-refractivity contribution >= 4 is 23.0 Å². The summed E-state index contributed by atoms with van der Waals surface area (Å²) in [6.45, 7) is 0.665. The molecule has 0 aliphatic heterocycles. The van der Waals surface area contributed by atoms with E-state index in [-0.39, 0.29) is 5.69 Å². The molecule has 1 aromatic heterocycles. The number of rotatable bonds is 5. The molecule has 2 N–H and O–H groups in total. The fraction of sp³-hybridized carbons (Fsp3) is 0.154. The number of nitrogens with zero attached hydrogens (tertiary/aromatic N) is 2. The molecule has 0 radical (unpaired) electrons. The lowest BCUT2D eigenvalue weighted by Gasteiger charge is -2.04. The highest BCUT2D eigenvalue weighted by Gasteiger charge is 2.07. The molecule has 19 heavy (non-hydrogen) atoms. The molecule has 0 unspecified atom stereocenters. The van der Waals surface area contributed by atoms with Gasteiger partial charge in [-0.1, -0.05) is 0 Å². The Balaban J connectivity index is 1.85. The molecule has 5 nitrogen and oxygen atoms in total. The second kappa shape index (κ2) is 5.98. The van der Waals surface area contributed by atoms with E-state index in [1.807, 2.05) is 12.1 Å². The normalized spacial score (nSPS) is 9.84. The molecule has 0 atom stereocenters. The van der Waals surface area contributed by atoms with E-state index in [0.717, 1.165) is 10.7 Å². The van der Waals surface area contributed by atoms with Crippen molar-refractivity contribution in [1.82, 2.24) is 4.98 Å². The molecule has 0 aliphatic carbocycles. The number of hydrogen-bond donors (Lipinski definition) is 2. The van der Waals surface area contributed by atoms with Crippen molar-refractivity contribution < 1.29 is 9.90 Å². The number of nitriles is 1. The van der Waals surface area contributed by atoms with Crippen molar-refractivity contribution in [2.24, 2.45) is 0 Å². The zero-order valence-corrected chi connectivity index (χ0v) is 10.8. The SMILES string of the molecule is N#Cc1ccc(NCCc2nc(C(=O)O)cs2)cc1. The van der Waals surface area contributed by atoms with Crippen LogP contribution >= 0.6 is 11.3 Å². The molecule has 0 amide bonds. The maximum absolute atomic E-state index is 10.7. The van der Waals surface area contributed by atoms with Crippen LogP contribution in [-0.4, -0.2) is 22.6 Å². The van der Waals surface area contributed by atoms with Crippen LogP contribution in [0.1, 0.15) is 21.1 Å². The molecule has 96 valence electrons. The molecular formula is C13H11N3O2S. The van der Waals surface area contributed by atoms with Gasteiger partial charge in [0.05, 0.1) is 16.6 Å². The van der Waals surface area contributed by atoms with Crippen LogP contribution in [0.2, 0.25) is 0 Å². The van der Waals surface area contributed by atoms with Crippen LogP contribution in [0.3, 0.4) is 0 Å². The third-order valence-corrected chi connectivity index (χ3v) is 3.36. The van der Waals surface area contributed by atoms with Gasteiger partial charge in [-0.05, 0) is 24.3 Å². The lowest BCUT2D eigenvalue weighted by atomic mass is 10.2. The van der Waals surface area contributed by atoms with E-state index in [2.05, 4.69) is 16.4 Å². The van der Waals surface area contributed by atoms with Crippen molar-refractivity contribution in [2.45, 2.75) is 6.42 Å². The van der Waals surface area contributed by atoms with Gasteiger partial charge in [-0.15, -0.1) is 11.3 Å². The number of aromatic carboxylic acids is 1. The summed E-state index contributed by atoms with van der Waals surface area (Å²) >= 11 is 1.34. The van der Waals surface area contributed by atoms with E-state index < -0.39 is 5.97 Å². The van der Waals surface area contributed by atoms with Gasteiger partial charge in [0.1, 0.15) is 0 Å². The highest BCUT2D eigenvalue weighted by atomic mass is 32.1. The van der Waals surface area contributed by atoms with Gasteiger partial charge in [-0.2, -0.15) is 5.26 Å². The first-order chi connectivity index (χ1) is 9.19. The predicted molar refractivity (Wildman–Crippen MR) is 72.4 cm³/mol. The molecule has 1 aromatic carbocycles. The van der Waals surface area contributed by atoms with Gasteiger partial charge in [0.25, 0.3) is 0 Å². The topological polar surface area (TPSA) is 86.0 Å². The third kappa shape index (κ3) is 3.53. The van der Waals surface area contributed by atoms with Crippen molar-refractivity contribution in [1.29, 1.82) is 5.26 Å². The Bertz CT molecular complexity index is 614. The molecule has 0 saturated heterocycles. The fourth-order valence-corrected chi connectivity index (χ4v) is 2.27. The molecule has 6 heteroatoms. The van der Waals surface area contributed by atoms with E-state index in [4.69, 9.17) is 10.4 Å². The smallest absolute Gasteiger partial charge is 0.355 e. The molecule has 0 aliphatic rings. The van der Waals surface area contributed by atoms with Crippen molar-refractivity contribution in [3.63, 3.8) is 0 Å². The first kappa shape index (κ1) is 13.1. The summed E-state index contributed by atoms with van der Waals surface area (Å²) in [4.78, 5) is 14.7. The maximum atomic E-state index is 10.7. The molecule has 1 heterocycles. The summed E-state index contributed by atoms with van der Waals surface area (Å²) in [5.74, 6) is -0.998. The lowest BCUT2D eigenvalue weighted by Crippen LogP contribution is -2.05. The molecule has 0 spiro atoms. The molecule has 0 saturated carbocycles. The highest BCUT2D eigenvalue weighted by Crippen LogP contribution is 2.12. The molecular weight excluding hydrogens is 262 g/mol. The van der Waals surface area contributed by atoms with Crippen LogP contribution < -0.4 is 5.32 Å². The minimum atomic E-state index is -0.998. The van der Waals surface area contributed by atoms with Crippen molar-refractivity contribution in [3.05, 3.63) is 45.9 Å². The van der Waals surface area contributed by atoms with Crippen LogP contribution in [-0.2, 0) is 6.42 Å². The quantitative estimate of drug-likeness (QED) is 0.873. The van der Waals surface area contributed by atoms with Gasteiger partial charge in [-0.25, -0.2) is 9.78 Å². The first-order valence-corrected chi connectivity index (χ1v) is 6.49. The average Bonchev–Trinajstić information content (AvgIpc) is 2.89. The van der Waals surface area contributed by atoms with Gasteiger partial charge in [-0.3, -0.25) is 0 Å². The van der Waals surface area contributed by atoms with Crippen LogP contribution in [0.15, 0.2) is 29.6 Å². The van der Waals surface area contributed by atoms with Crippen LogP contribution in [0.4, 0.5) is 5.69 Å². The van der Waals surface area contributed by atoms with Crippen LogP contribution in [0.25, 0.3) is 0 Å². The molecule has 0 bridgehead atoms. The van der Waals surface area contributed by atoms with Crippen LogP contribution in [0, 0.1) is 11.3 Å². The fourth-order valence-electron chi connectivity index (χ4n) is 1.50. The average molecular weight is 273 g/mol. The number of hydrogen-bond acceptors (Lipinski definition) is 5. The number of aromatic nitrogens is 1. The number of carbonyl (C=O) groups is 1. The Hall–Kier alpha value is -2.39. The highest BCUT2D eigenvalue weighted by molar-refractivity contribution is 7.09. The van der Waals surface area contributed by atoms with E-state index in [1.54, 1.807) is 17.5 Å². The lowest BCUT2D eigenvalue weighted by molar-refractivity contribution is 0.0691. The van der Waals surface area contributed by atoms with Gasteiger partial charge in [0.2, 0.25) is 0 Å². The Morgan fingerprint density at radius 1 is 1.42 bits per heavy atom. The van der Waals surface area contributed by atoms with Gasteiger partial charge in [0.15, 0.2) is 5.69 Å². The number of anilines is 1. The maximum Gasteiger partial charge on any atom is 0.355 e. The van der Waals surface area contributed by atoms with E-state index in [1.165, 1.54) is 11.3 Å². The van der Waals surface area contributed by atoms with Crippen molar-refractivity contribution in [2.75, 3.05) is 11.9 Å². The van der Waals surface area contributed by atoms with E-state index in [9.17, 15) is 4.79 Å². The number of benzene rings is 1. The Kier molecular flexibility index (Phi) is 4.11. The Labute approximate surface area is 114 Å². The minimum absolute atomic E-state index is 0.0957. The van der Waals surface area contributed by atoms with Crippen molar-refractivity contribution in [3.8, 4) is 6.07 Å². The van der Waals surface area contributed by atoms with Crippen LogP contribution in [0.5, 0.6) is 0 Å². The Morgan fingerprint density at radius 2 is 2.16 bits per heavy atom. The predicted octanol–water partition coefficient (Wildman–Crippen LogP) is 2.37. The third-order valence-electron chi connectivity index (χ3n) is 2.45. The second-order valence-electron chi connectivity index (χ2n) is 3.80. The monoisotopic (exact) mass is 273 g/mol. The second-order valence-corrected chi connectivity index (χ2v) is 4.74. The molecule has 0 fully saturated rings. The number of nitrogens with one attached hydrogen (secondary N) is 1. The molecule has 2 aromatic rings. The number of carboxylic acid groups (broad SMARTS) is 1. The van der Waals surface area contributed by atoms with Gasteiger partial charge >= 0.3 is 5.97 Å². The van der Waals surface area contributed by atoms with Gasteiger partial charge < -0.3 is 10.4 Å². The van der Waals surface area contributed by atoms with Gasteiger partial charge in [0, 0.05) is 24.0 Å². The summed E-state index contributed by atoms with van der Waals surface area (Å²) < 4.78 is 0. The molecule has 2 rings (SSSR count). The first-order valence-electron chi connectivity index (χ1n) is 5.61. The zero-order chi connectivity index (χ0) is 13.7. The standard InChI is InChI=1S/C13H11N3O2S/c14-7-9-1-3-10(4-2-9)15-6-5-12-16-11(8-19-12)13(17)18/h1-4,8,15H,5-6H2,(H,17,18). The zero-order valence-electron chi connectivity index (χ0n) is 9.96. The minimum Gasteiger partial charge on any atom is -0.476 e.